The molecule has 1 amide bonds. The van der Waals surface area contributed by atoms with Crippen LogP contribution in [0.25, 0.3) is 11.1 Å². The van der Waals surface area contributed by atoms with Crippen LogP contribution in [0.4, 0.5) is 11.4 Å². The Kier molecular flexibility index (Phi) is 4.99. The van der Waals surface area contributed by atoms with Crippen molar-refractivity contribution < 1.29 is 4.79 Å². The van der Waals surface area contributed by atoms with Gasteiger partial charge in [0.05, 0.1) is 17.6 Å². The molecule has 1 aromatic carbocycles. The number of carbonyl (C=O) groups is 1. The number of rotatable bonds is 6. The molecule has 0 aliphatic heterocycles. The van der Waals surface area contributed by atoms with Crippen molar-refractivity contribution in [3.05, 3.63) is 69.3 Å². The third-order valence-electron chi connectivity index (χ3n) is 4.14. The number of nitrogens with zero attached hydrogens (tertiary/aromatic N) is 3. The number of hydrogen-bond donors (Lipinski definition) is 2. The Labute approximate surface area is 164 Å². The molecule has 4 aromatic rings. The lowest BCUT2D eigenvalue weighted by atomic mass is 10.1. The predicted molar refractivity (Wildman–Crippen MR) is 110 cm³/mol. The molecule has 0 saturated carbocycles. The number of thiophene rings is 2. The number of anilines is 2. The standard InChI is InChI=1S/C19H17N5OS2/c20-16-2-1-14(15-5-8-27-12-15)9-17(16)21-19(25)18-10-24(23-22-18)6-3-13-4-7-26-11-13/h1-2,4-5,7-12H,3,6,20H2,(H,21,25). The van der Waals surface area contributed by atoms with Gasteiger partial charge in [0.25, 0.3) is 5.91 Å². The van der Waals surface area contributed by atoms with E-state index in [0.717, 1.165) is 17.5 Å². The van der Waals surface area contributed by atoms with Crippen LogP contribution < -0.4 is 11.1 Å². The fourth-order valence-corrected chi connectivity index (χ4v) is 4.02. The fraction of sp³-hybridized carbons (Fsp3) is 0.105. The topological polar surface area (TPSA) is 85.8 Å². The summed E-state index contributed by atoms with van der Waals surface area (Å²) in [5.74, 6) is -0.328. The molecule has 0 saturated heterocycles. The summed E-state index contributed by atoms with van der Waals surface area (Å²) in [6, 6.07) is 9.71. The van der Waals surface area contributed by atoms with Gasteiger partial charge >= 0.3 is 0 Å². The molecule has 0 radical (unpaired) electrons. The van der Waals surface area contributed by atoms with E-state index in [9.17, 15) is 4.79 Å². The van der Waals surface area contributed by atoms with Gasteiger partial charge in [0, 0.05) is 6.54 Å². The Hall–Kier alpha value is -2.97. The number of nitrogens with one attached hydrogen (secondary N) is 1. The predicted octanol–water partition coefficient (Wildman–Crippen LogP) is 4.15. The van der Waals surface area contributed by atoms with Crippen molar-refractivity contribution in [1.29, 1.82) is 0 Å². The number of carbonyl (C=O) groups excluding carboxylic acids is 1. The lowest BCUT2D eigenvalue weighted by Crippen LogP contribution is -2.13. The quantitative estimate of drug-likeness (QED) is 0.480. The molecule has 0 atom stereocenters. The average Bonchev–Trinajstić information content (AvgIpc) is 3.43. The van der Waals surface area contributed by atoms with Crippen molar-refractivity contribution in [2.24, 2.45) is 0 Å². The molecule has 6 nitrogen and oxygen atoms in total. The van der Waals surface area contributed by atoms with Crippen molar-refractivity contribution in [3.8, 4) is 11.1 Å². The van der Waals surface area contributed by atoms with Crippen LogP contribution in [0, 0.1) is 0 Å². The van der Waals surface area contributed by atoms with E-state index < -0.39 is 0 Å². The van der Waals surface area contributed by atoms with E-state index in [1.54, 1.807) is 39.6 Å². The Morgan fingerprint density at radius 2 is 1.96 bits per heavy atom. The van der Waals surface area contributed by atoms with Crippen LogP contribution in [0.3, 0.4) is 0 Å². The molecule has 0 aliphatic carbocycles. The molecular weight excluding hydrogens is 378 g/mol. The lowest BCUT2D eigenvalue weighted by Gasteiger charge is -2.09. The van der Waals surface area contributed by atoms with Crippen molar-refractivity contribution in [3.63, 3.8) is 0 Å². The summed E-state index contributed by atoms with van der Waals surface area (Å²) in [5, 5.41) is 19.1. The summed E-state index contributed by atoms with van der Waals surface area (Å²) in [7, 11) is 0. The minimum atomic E-state index is -0.328. The summed E-state index contributed by atoms with van der Waals surface area (Å²) in [5.41, 5.74) is 10.7. The molecule has 3 heterocycles. The molecule has 0 aliphatic rings. The van der Waals surface area contributed by atoms with E-state index in [2.05, 4.69) is 32.5 Å². The largest absolute Gasteiger partial charge is 0.397 e. The summed E-state index contributed by atoms with van der Waals surface area (Å²) in [4.78, 5) is 12.5. The summed E-state index contributed by atoms with van der Waals surface area (Å²) < 4.78 is 1.68. The zero-order valence-corrected chi connectivity index (χ0v) is 16.0. The Morgan fingerprint density at radius 1 is 1.11 bits per heavy atom. The van der Waals surface area contributed by atoms with E-state index in [4.69, 9.17) is 5.73 Å². The van der Waals surface area contributed by atoms with E-state index in [1.807, 2.05) is 29.0 Å². The molecule has 3 aromatic heterocycles. The van der Waals surface area contributed by atoms with Crippen LogP contribution in [0.15, 0.2) is 58.0 Å². The van der Waals surface area contributed by atoms with Gasteiger partial charge < -0.3 is 11.1 Å². The van der Waals surface area contributed by atoms with Gasteiger partial charge in [-0.15, -0.1) is 5.10 Å². The first-order chi connectivity index (χ1) is 13.2. The molecular formula is C19H17N5OS2. The number of aryl methyl sites for hydroxylation is 2. The Bertz CT molecular complexity index is 1040. The summed E-state index contributed by atoms with van der Waals surface area (Å²) in [6.45, 7) is 0.673. The van der Waals surface area contributed by atoms with Gasteiger partial charge in [-0.1, -0.05) is 11.3 Å². The molecule has 4 rings (SSSR count). The summed E-state index contributed by atoms with van der Waals surface area (Å²) in [6.07, 6.45) is 2.50. The number of amides is 1. The maximum absolute atomic E-state index is 12.5. The van der Waals surface area contributed by atoms with Gasteiger partial charge in [-0.05, 0) is 68.9 Å². The van der Waals surface area contributed by atoms with Gasteiger partial charge in [0.15, 0.2) is 5.69 Å². The van der Waals surface area contributed by atoms with Crippen LogP contribution in [0.1, 0.15) is 16.1 Å². The van der Waals surface area contributed by atoms with Gasteiger partial charge in [-0.2, -0.15) is 22.7 Å². The molecule has 3 N–H and O–H groups in total. The highest BCUT2D eigenvalue weighted by Crippen LogP contribution is 2.28. The third kappa shape index (κ3) is 4.07. The second kappa shape index (κ2) is 7.73. The second-order valence-corrected chi connectivity index (χ2v) is 7.58. The molecule has 0 spiro atoms. The van der Waals surface area contributed by atoms with Gasteiger partial charge in [0.2, 0.25) is 0 Å². The van der Waals surface area contributed by atoms with Crippen LogP contribution in [0.2, 0.25) is 0 Å². The number of hydrogen-bond acceptors (Lipinski definition) is 6. The van der Waals surface area contributed by atoms with Gasteiger partial charge in [-0.25, -0.2) is 0 Å². The van der Waals surface area contributed by atoms with Crippen molar-refractivity contribution >= 4 is 40.0 Å². The maximum atomic E-state index is 12.5. The molecule has 0 fully saturated rings. The molecule has 136 valence electrons. The first kappa shape index (κ1) is 17.4. The third-order valence-corrected chi connectivity index (χ3v) is 5.55. The summed E-state index contributed by atoms with van der Waals surface area (Å²) >= 11 is 3.29. The van der Waals surface area contributed by atoms with E-state index in [-0.39, 0.29) is 11.6 Å². The molecule has 27 heavy (non-hydrogen) atoms. The zero-order valence-electron chi connectivity index (χ0n) is 14.3. The van der Waals surface area contributed by atoms with Crippen LogP contribution in [-0.4, -0.2) is 20.9 Å². The van der Waals surface area contributed by atoms with E-state index in [1.165, 1.54) is 5.56 Å². The second-order valence-electron chi connectivity index (χ2n) is 6.02. The van der Waals surface area contributed by atoms with E-state index >= 15 is 0 Å². The monoisotopic (exact) mass is 395 g/mol. The molecule has 0 unspecified atom stereocenters. The highest BCUT2D eigenvalue weighted by molar-refractivity contribution is 7.08. The number of nitrogens with two attached hydrogens (primary N) is 1. The number of aromatic nitrogens is 3. The average molecular weight is 396 g/mol. The van der Waals surface area contributed by atoms with Crippen LogP contribution in [0.5, 0.6) is 0 Å². The highest BCUT2D eigenvalue weighted by atomic mass is 32.1. The zero-order chi connectivity index (χ0) is 18.6. The van der Waals surface area contributed by atoms with Crippen LogP contribution in [-0.2, 0) is 13.0 Å². The van der Waals surface area contributed by atoms with Gasteiger partial charge in [-0.3, -0.25) is 9.48 Å². The number of benzene rings is 1. The molecule has 8 heteroatoms. The van der Waals surface area contributed by atoms with Crippen molar-refractivity contribution in [1.82, 2.24) is 15.0 Å². The minimum absolute atomic E-state index is 0.264. The molecule has 0 bridgehead atoms. The van der Waals surface area contributed by atoms with Gasteiger partial charge in [0.1, 0.15) is 0 Å². The van der Waals surface area contributed by atoms with E-state index in [0.29, 0.717) is 17.9 Å². The fourth-order valence-electron chi connectivity index (χ4n) is 2.65. The smallest absolute Gasteiger partial charge is 0.277 e. The SMILES string of the molecule is Nc1ccc(-c2ccsc2)cc1NC(=O)c1cn(CCc2ccsc2)nn1. The minimum Gasteiger partial charge on any atom is -0.397 e. The van der Waals surface area contributed by atoms with Crippen LogP contribution >= 0.6 is 22.7 Å². The first-order valence-electron chi connectivity index (χ1n) is 8.34. The lowest BCUT2D eigenvalue weighted by molar-refractivity contribution is 0.102. The number of nitrogen functional groups attached to an aromatic ring is 1. The maximum Gasteiger partial charge on any atom is 0.277 e. The van der Waals surface area contributed by atoms with Crippen molar-refractivity contribution in [2.45, 2.75) is 13.0 Å². The highest BCUT2D eigenvalue weighted by Gasteiger charge is 2.13. The van der Waals surface area contributed by atoms with Crippen molar-refractivity contribution in [2.75, 3.05) is 11.1 Å². The Morgan fingerprint density at radius 3 is 2.74 bits per heavy atom. The first-order valence-corrected chi connectivity index (χ1v) is 10.2. The Balaban J connectivity index is 1.45. The normalized spacial score (nSPS) is 10.8.